The van der Waals surface area contributed by atoms with E-state index in [1.54, 1.807) is 31.5 Å². The number of methoxy groups -OCH3 is 1. The predicted octanol–water partition coefficient (Wildman–Crippen LogP) is 3.47. The summed E-state index contributed by atoms with van der Waals surface area (Å²) in [5.41, 5.74) is 0.635. The van der Waals surface area contributed by atoms with E-state index in [9.17, 15) is 4.79 Å². The second kappa shape index (κ2) is 7.17. The van der Waals surface area contributed by atoms with Crippen LogP contribution in [0.25, 0.3) is 0 Å². The molecule has 1 amide bonds. The molecule has 0 atom stereocenters. The third kappa shape index (κ3) is 4.15. The van der Waals surface area contributed by atoms with Gasteiger partial charge in [-0.15, -0.1) is 11.8 Å². The number of pyridine rings is 1. The summed E-state index contributed by atoms with van der Waals surface area (Å²) < 4.78 is 4.95. The normalized spacial score (nSPS) is 10.1. The molecule has 4 nitrogen and oxygen atoms in total. The van der Waals surface area contributed by atoms with Gasteiger partial charge in [0.2, 0.25) is 11.8 Å². The second-order valence-corrected chi connectivity index (χ2v) is 5.28. The molecule has 0 aliphatic carbocycles. The molecular formula is C14H13ClN2O2S. The van der Waals surface area contributed by atoms with Crippen molar-refractivity contribution in [2.24, 2.45) is 0 Å². The van der Waals surface area contributed by atoms with Crippen LogP contribution in [0.2, 0.25) is 5.02 Å². The smallest absolute Gasteiger partial charge is 0.234 e. The van der Waals surface area contributed by atoms with Crippen LogP contribution >= 0.6 is 23.4 Å². The molecule has 20 heavy (non-hydrogen) atoms. The standard InChI is InChI=1S/C14H13ClN2O2S/c1-19-14-7-6-10(8-16-14)17-13(18)9-20-12-5-3-2-4-11(12)15/h2-8H,9H2,1H3,(H,17,18). The van der Waals surface area contributed by atoms with E-state index in [4.69, 9.17) is 16.3 Å². The van der Waals surface area contributed by atoms with Crippen molar-refractivity contribution in [3.63, 3.8) is 0 Å². The minimum absolute atomic E-state index is 0.109. The largest absolute Gasteiger partial charge is 0.481 e. The zero-order chi connectivity index (χ0) is 14.4. The number of hydrogen-bond acceptors (Lipinski definition) is 4. The van der Waals surface area contributed by atoms with Crippen molar-refractivity contribution in [2.75, 3.05) is 18.2 Å². The van der Waals surface area contributed by atoms with Crippen LogP contribution < -0.4 is 10.1 Å². The molecule has 1 aromatic heterocycles. The highest BCUT2D eigenvalue weighted by Gasteiger charge is 2.06. The Kier molecular flexibility index (Phi) is 5.26. The Balaban J connectivity index is 1.87. The lowest BCUT2D eigenvalue weighted by molar-refractivity contribution is -0.113. The molecule has 0 aliphatic heterocycles. The highest BCUT2D eigenvalue weighted by atomic mass is 35.5. The lowest BCUT2D eigenvalue weighted by atomic mass is 10.4. The Morgan fingerprint density at radius 3 is 2.80 bits per heavy atom. The van der Waals surface area contributed by atoms with E-state index in [0.29, 0.717) is 16.6 Å². The summed E-state index contributed by atoms with van der Waals surface area (Å²) in [7, 11) is 1.54. The number of anilines is 1. The van der Waals surface area contributed by atoms with Gasteiger partial charge in [0.05, 0.1) is 29.8 Å². The van der Waals surface area contributed by atoms with Crippen molar-refractivity contribution >= 4 is 35.0 Å². The molecule has 1 heterocycles. The molecular weight excluding hydrogens is 296 g/mol. The summed E-state index contributed by atoms with van der Waals surface area (Å²) in [6, 6.07) is 10.9. The van der Waals surface area contributed by atoms with Crippen molar-refractivity contribution in [1.29, 1.82) is 0 Å². The first-order valence-electron chi connectivity index (χ1n) is 5.86. The van der Waals surface area contributed by atoms with Crippen LogP contribution in [0.3, 0.4) is 0 Å². The highest BCUT2D eigenvalue weighted by Crippen LogP contribution is 2.26. The Bertz CT molecular complexity index is 590. The molecule has 104 valence electrons. The molecule has 0 saturated heterocycles. The SMILES string of the molecule is COc1ccc(NC(=O)CSc2ccccc2Cl)cn1. The number of nitrogens with one attached hydrogen (secondary N) is 1. The number of halogens is 1. The van der Waals surface area contributed by atoms with Crippen molar-refractivity contribution in [2.45, 2.75) is 4.90 Å². The number of ether oxygens (including phenoxy) is 1. The summed E-state index contributed by atoms with van der Waals surface area (Å²) in [6.45, 7) is 0. The summed E-state index contributed by atoms with van der Waals surface area (Å²) in [6.07, 6.45) is 1.55. The van der Waals surface area contributed by atoms with Crippen molar-refractivity contribution in [3.8, 4) is 5.88 Å². The summed E-state index contributed by atoms with van der Waals surface area (Å²) in [5.74, 6) is 0.686. The van der Waals surface area contributed by atoms with Crippen LogP contribution in [0.1, 0.15) is 0 Å². The fourth-order valence-electron chi connectivity index (χ4n) is 1.48. The summed E-state index contributed by atoms with van der Waals surface area (Å²) >= 11 is 7.42. The van der Waals surface area contributed by atoms with Gasteiger partial charge in [0.15, 0.2) is 0 Å². The van der Waals surface area contributed by atoms with E-state index in [1.807, 2.05) is 18.2 Å². The number of benzene rings is 1. The number of carbonyl (C=O) groups excluding carboxylic acids is 1. The molecule has 6 heteroatoms. The molecule has 2 aromatic rings. The van der Waals surface area contributed by atoms with Crippen molar-refractivity contribution in [3.05, 3.63) is 47.6 Å². The molecule has 1 N–H and O–H groups in total. The fraction of sp³-hybridized carbons (Fsp3) is 0.143. The number of carbonyl (C=O) groups is 1. The molecule has 1 aromatic carbocycles. The van der Waals surface area contributed by atoms with E-state index in [1.165, 1.54) is 11.8 Å². The van der Waals surface area contributed by atoms with Gasteiger partial charge >= 0.3 is 0 Å². The van der Waals surface area contributed by atoms with E-state index in [-0.39, 0.29) is 11.7 Å². The molecule has 0 unspecified atom stereocenters. The first-order valence-corrected chi connectivity index (χ1v) is 7.22. The third-order valence-electron chi connectivity index (χ3n) is 2.42. The van der Waals surface area contributed by atoms with Crippen LogP contribution in [0.15, 0.2) is 47.5 Å². The topological polar surface area (TPSA) is 51.2 Å². The predicted molar refractivity (Wildman–Crippen MR) is 81.6 cm³/mol. The lowest BCUT2D eigenvalue weighted by Crippen LogP contribution is -2.14. The molecule has 0 radical (unpaired) electrons. The number of rotatable bonds is 5. The number of nitrogens with zero attached hydrogens (tertiary/aromatic N) is 1. The molecule has 0 fully saturated rings. The van der Waals surface area contributed by atoms with Gasteiger partial charge in [-0.3, -0.25) is 4.79 Å². The molecule has 2 rings (SSSR count). The quantitative estimate of drug-likeness (QED) is 0.859. The zero-order valence-corrected chi connectivity index (χ0v) is 12.4. The first kappa shape index (κ1) is 14.7. The summed E-state index contributed by atoms with van der Waals surface area (Å²) in [5, 5.41) is 3.41. The minimum atomic E-state index is -0.109. The monoisotopic (exact) mass is 308 g/mol. The van der Waals surface area contributed by atoms with E-state index in [0.717, 1.165) is 4.90 Å². The van der Waals surface area contributed by atoms with Crippen LogP contribution in [0, 0.1) is 0 Å². The first-order chi connectivity index (χ1) is 9.69. The van der Waals surface area contributed by atoms with Crippen LogP contribution in [-0.2, 0) is 4.79 Å². The highest BCUT2D eigenvalue weighted by molar-refractivity contribution is 8.00. The molecule has 0 bridgehead atoms. The average Bonchev–Trinajstić information content (AvgIpc) is 2.47. The Morgan fingerprint density at radius 1 is 1.35 bits per heavy atom. The van der Waals surface area contributed by atoms with Gasteiger partial charge in [-0.05, 0) is 18.2 Å². The zero-order valence-electron chi connectivity index (χ0n) is 10.8. The number of hydrogen-bond donors (Lipinski definition) is 1. The maximum atomic E-state index is 11.8. The minimum Gasteiger partial charge on any atom is -0.481 e. The molecule has 0 saturated carbocycles. The van der Waals surface area contributed by atoms with Crippen LogP contribution in [-0.4, -0.2) is 23.8 Å². The van der Waals surface area contributed by atoms with Crippen LogP contribution in [0.4, 0.5) is 5.69 Å². The second-order valence-electron chi connectivity index (χ2n) is 3.86. The van der Waals surface area contributed by atoms with Gasteiger partial charge in [-0.2, -0.15) is 0 Å². The van der Waals surface area contributed by atoms with E-state index >= 15 is 0 Å². The van der Waals surface area contributed by atoms with Gasteiger partial charge < -0.3 is 10.1 Å². The van der Waals surface area contributed by atoms with E-state index < -0.39 is 0 Å². The lowest BCUT2D eigenvalue weighted by Gasteiger charge is -2.06. The van der Waals surface area contributed by atoms with Gasteiger partial charge in [0, 0.05) is 11.0 Å². The number of thioether (sulfide) groups is 1. The van der Waals surface area contributed by atoms with Gasteiger partial charge in [-0.1, -0.05) is 23.7 Å². The van der Waals surface area contributed by atoms with Gasteiger partial charge in [0.25, 0.3) is 0 Å². The average molecular weight is 309 g/mol. The fourth-order valence-corrected chi connectivity index (χ4v) is 2.52. The van der Waals surface area contributed by atoms with Crippen molar-refractivity contribution < 1.29 is 9.53 Å². The van der Waals surface area contributed by atoms with Gasteiger partial charge in [0.1, 0.15) is 0 Å². The summed E-state index contributed by atoms with van der Waals surface area (Å²) in [4.78, 5) is 16.7. The Labute approximate surface area is 126 Å². The third-order valence-corrected chi connectivity index (χ3v) is 3.94. The van der Waals surface area contributed by atoms with Gasteiger partial charge in [-0.25, -0.2) is 4.98 Å². The molecule has 0 spiro atoms. The van der Waals surface area contributed by atoms with E-state index in [2.05, 4.69) is 10.3 Å². The van der Waals surface area contributed by atoms with Crippen LogP contribution in [0.5, 0.6) is 5.88 Å². The Hall–Kier alpha value is -1.72. The number of aromatic nitrogens is 1. The maximum Gasteiger partial charge on any atom is 0.234 e. The molecule has 0 aliphatic rings. The maximum absolute atomic E-state index is 11.8. The van der Waals surface area contributed by atoms with Crippen molar-refractivity contribution in [1.82, 2.24) is 4.98 Å². The number of amides is 1. The Morgan fingerprint density at radius 2 is 2.15 bits per heavy atom.